The van der Waals surface area contributed by atoms with Gasteiger partial charge in [-0.3, -0.25) is 4.79 Å². The number of benzene rings is 1. The lowest BCUT2D eigenvalue weighted by atomic mass is 10.2. The maximum atomic E-state index is 10.4. The van der Waals surface area contributed by atoms with Crippen LogP contribution in [0.2, 0.25) is 0 Å². The zero-order chi connectivity index (χ0) is 13.7. The monoisotopic (exact) mass is 321 g/mol. The number of nitrogens with zero attached hydrogens (tertiary/aromatic N) is 2. The van der Waals surface area contributed by atoms with Gasteiger partial charge >= 0.3 is 5.97 Å². The third kappa shape index (κ3) is 4.03. The molecular weight excluding hydrogens is 310 g/mol. The Balaban J connectivity index is 2.10. The molecule has 2 N–H and O–H groups in total. The van der Waals surface area contributed by atoms with E-state index in [2.05, 4.69) is 31.2 Å². The van der Waals surface area contributed by atoms with E-state index in [1.807, 2.05) is 24.3 Å². The molecule has 0 aliphatic heterocycles. The molecule has 0 spiro atoms. The SMILES string of the molecule is O=C(O)CCNc1ccnc(-c2ccc(Br)cc2)n1. The fourth-order valence-electron chi connectivity index (χ4n) is 1.49. The lowest BCUT2D eigenvalue weighted by molar-refractivity contribution is -0.136. The van der Waals surface area contributed by atoms with E-state index in [9.17, 15) is 4.79 Å². The summed E-state index contributed by atoms with van der Waals surface area (Å²) in [6, 6.07) is 9.39. The molecule has 5 nitrogen and oxygen atoms in total. The van der Waals surface area contributed by atoms with Crippen LogP contribution in [0.25, 0.3) is 11.4 Å². The van der Waals surface area contributed by atoms with Gasteiger partial charge in [0.25, 0.3) is 0 Å². The molecule has 98 valence electrons. The Morgan fingerprint density at radius 2 is 2.00 bits per heavy atom. The number of hydrogen-bond donors (Lipinski definition) is 2. The number of carboxylic acids is 1. The molecular formula is C13H12BrN3O2. The molecule has 2 rings (SSSR count). The predicted octanol–water partition coefficient (Wildman–Crippen LogP) is 2.79. The second-order valence-corrected chi connectivity index (χ2v) is 4.76. The van der Waals surface area contributed by atoms with E-state index in [0.29, 0.717) is 18.2 Å². The van der Waals surface area contributed by atoms with Gasteiger partial charge in [-0.25, -0.2) is 9.97 Å². The Labute approximate surface area is 118 Å². The summed E-state index contributed by atoms with van der Waals surface area (Å²) in [7, 11) is 0. The van der Waals surface area contributed by atoms with Crippen molar-refractivity contribution >= 4 is 27.7 Å². The maximum absolute atomic E-state index is 10.4. The summed E-state index contributed by atoms with van der Waals surface area (Å²) in [4.78, 5) is 19.0. The first-order valence-corrected chi connectivity index (χ1v) is 6.49. The first-order valence-electron chi connectivity index (χ1n) is 5.70. The molecule has 1 aromatic heterocycles. The third-order valence-electron chi connectivity index (χ3n) is 2.40. The molecule has 0 aliphatic rings. The van der Waals surface area contributed by atoms with Crippen molar-refractivity contribution in [3.8, 4) is 11.4 Å². The number of rotatable bonds is 5. The van der Waals surface area contributed by atoms with Crippen molar-refractivity contribution in [1.82, 2.24) is 9.97 Å². The molecule has 0 aliphatic carbocycles. The van der Waals surface area contributed by atoms with Gasteiger partial charge in [-0.05, 0) is 18.2 Å². The first-order chi connectivity index (χ1) is 9.15. The fourth-order valence-corrected chi connectivity index (χ4v) is 1.76. The van der Waals surface area contributed by atoms with Crippen LogP contribution in [0.5, 0.6) is 0 Å². The van der Waals surface area contributed by atoms with E-state index in [0.717, 1.165) is 10.0 Å². The summed E-state index contributed by atoms with van der Waals surface area (Å²) in [5.74, 6) is 0.386. The Bertz CT molecular complexity index is 572. The summed E-state index contributed by atoms with van der Waals surface area (Å²) in [6.07, 6.45) is 1.70. The largest absolute Gasteiger partial charge is 0.481 e. The summed E-state index contributed by atoms with van der Waals surface area (Å²) >= 11 is 3.37. The van der Waals surface area contributed by atoms with Crippen molar-refractivity contribution in [2.45, 2.75) is 6.42 Å². The highest BCUT2D eigenvalue weighted by molar-refractivity contribution is 9.10. The molecule has 0 atom stereocenters. The van der Waals surface area contributed by atoms with E-state index in [-0.39, 0.29) is 6.42 Å². The number of anilines is 1. The van der Waals surface area contributed by atoms with Crippen LogP contribution in [-0.4, -0.2) is 27.6 Å². The minimum atomic E-state index is -0.838. The van der Waals surface area contributed by atoms with Crippen LogP contribution in [0.1, 0.15) is 6.42 Å². The molecule has 0 fully saturated rings. The van der Waals surface area contributed by atoms with Crippen LogP contribution in [0.4, 0.5) is 5.82 Å². The van der Waals surface area contributed by atoms with Crippen LogP contribution in [0, 0.1) is 0 Å². The van der Waals surface area contributed by atoms with Crippen LogP contribution in [0.15, 0.2) is 41.0 Å². The van der Waals surface area contributed by atoms with Crippen molar-refractivity contribution in [2.24, 2.45) is 0 Å². The average molecular weight is 322 g/mol. The number of aromatic nitrogens is 2. The van der Waals surface area contributed by atoms with Crippen molar-refractivity contribution in [3.05, 3.63) is 41.0 Å². The van der Waals surface area contributed by atoms with Gasteiger partial charge in [0.05, 0.1) is 6.42 Å². The average Bonchev–Trinajstić information content (AvgIpc) is 2.39. The smallest absolute Gasteiger partial charge is 0.305 e. The summed E-state index contributed by atoms with van der Waals surface area (Å²) in [5.41, 5.74) is 0.907. The number of carboxylic acid groups (broad SMARTS) is 1. The molecule has 6 heteroatoms. The Morgan fingerprint density at radius 3 is 2.68 bits per heavy atom. The van der Waals surface area contributed by atoms with E-state index >= 15 is 0 Å². The highest BCUT2D eigenvalue weighted by atomic mass is 79.9. The van der Waals surface area contributed by atoms with Crippen LogP contribution in [-0.2, 0) is 4.79 Å². The van der Waals surface area contributed by atoms with Gasteiger partial charge in [-0.1, -0.05) is 28.1 Å². The highest BCUT2D eigenvalue weighted by Crippen LogP contribution is 2.19. The lowest BCUT2D eigenvalue weighted by Crippen LogP contribution is -2.09. The third-order valence-corrected chi connectivity index (χ3v) is 2.93. The number of aliphatic carboxylic acids is 1. The van der Waals surface area contributed by atoms with Gasteiger partial charge in [0.1, 0.15) is 5.82 Å². The molecule has 0 saturated carbocycles. The van der Waals surface area contributed by atoms with Crippen molar-refractivity contribution in [2.75, 3.05) is 11.9 Å². The lowest BCUT2D eigenvalue weighted by Gasteiger charge is -2.05. The van der Waals surface area contributed by atoms with E-state index in [1.54, 1.807) is 12.3 Å². The molecule has 0 bridgehead atoms. The molecule has 1 aromatic carbocycles. The van der Waals surface area contributed by atoms with Crippen LogP contribution in [0.3, 0.4) is 0 Å². The fraction of sp³-hybridized carbons (Fsp3) is 0.154. The standard InChI is InChI=1S/C13H12BrN3O2/c14-10-3-1-9(2-4-10)13-16-7-5-11(17-13)15-8-6-12(18)19/h1-5,7H,6,8H2,(H,18,19)(H,15,16,17). The van der Waals surface area contributed by atoms with Crippen LogP contribution >= 0.6 is 15.9 Å². The van der Waals surface area contributed by atoms with Gasteiger partial charge in [0.2, 0.25) is 0 Å². The highest BCUT2D eigenvalue weighted by Gasteiger charge is 2.03. The zero-order valence-corrected chi connectivity index (χ0v) is 11.6. The number of nitrogens with one attached hydrogen (secondary N) is 1. The quantitative estimate of drug-likeness (QED) is 0.885. The first kappa shape index (κ1) is 13.5. The summed E-state index contributed by atoms with van der Waals surface area (Å²) in [5, 5.41) is 11.5. The summed E-state index contributed by atoms with van der Waals surface area (Å²) < 4.78 is 0.993. The van der Waals surface area contributed by atoms with Gasteiger partial charge in [0.15, 0.2) is 5.82 Å². The topological polar surface area (TPSA) is 75.1 Å². The van der Waals surface area contributed by atoms with Crippen molar-refractivity contribution in [3.63, 3.8) is 0 Å². The molecule has 1 heterocycles. The van der Waals surface area contributed by atoms with Gasteiger partial charge in [-0.15, -0.1) is 0 Å². The molecule has 0 saturated heterocycles. The van der Waals surface area contributed by atoms with Gasteiger partial charge in [0, 0.05) is 22.8 Å². The second-order valence-electron chi connectivity index (χ2n) is 3.84. The molecule has 2 aromatic rings. The number of halogens is 1. The van der Waals surface area contributed by atoms with Crippen molar-refractivity contribution in [1.29, 1.82) is 0 Å². The molecule has 0 radical (unpaired) electrons. The Kier molecular flexibility index (Phi) is 4.46. The number of hydrogen-bond acceptors (Lipinski definition) is 4. The molecule has 19 heavy (non-hydrogen) atoms. The van der Waals surface area contributed by atoms with Crippen LogP contribution < -0.4 is 5.32 Å². The normalized spacial score (nSPS) is 10.2. The second kappa shape index (κ2) is 6.29. The van der Waals surface area contributed by atoms with Gasteiger partial charge < -0.3 is 10.4 Å². The maximum Gasteiger partial charge on any atom is 0.305 e. The Morgan fingerprint density at radius 1 is 1.26 bits per heavy atom. The minimum Gasteiger partial charge on any atom is -0.481 e. The minimum absolute atomic E-state index is 0.0532. The van der Waals surface area contributed by atoms with Gasteiger partial charge in [-0.2, -0.15) is 0 Å². The van der Waals surface area contributed by atoms with E-state index in [4.69, 9.17) is 5.11 Å². The van der Waals surface area contributed by atoms with E-state index in [1.165, 1.54) is 0 Å². The Hall–Kier alpha value is -1.95. The molecule has 0 amide bonds. The number of carbonyl (C=O) groups is 1. The van der Waals surface area contributed by atoms with Crippen molar-refractivity contribution < 1.29 is 9.90 Å². The predicted molar refractivity (Wildman–Crippen MR) is 75.9 cm³/mol. The molecule has 0 unspecified atom stereocenters. The zero-order valence-electron chi connectivity index (χ0n) is 10.0. The van der Waals surface area contributed by atoms with E-state index < -0.39 is 5.97 Å². The summed E-state index contributed by atoms with van der Waals surface area (Å²) in [6.45, 7) is 0.339.